The number of hydrogen-bond acceptors (Lipinski definition) is 2. The number of aliphatic hydroxyl groups excluding tert-OH is 1. The van der Waals surface area contributed by atoms with E-state index in [0.717, 1.165) is 17.7 Å². The van der Waals surface area contributed by atoms with E-state index in [0.29, 0.717) is 6.04 Å². The quantitative estimate of drug-likeness (QED) is 0.811. The lowest BCUT2D eigenvalue weighted by Gasteiger charge is -2.30. The van der Waals surface area contributed by atoms with Crippen LogP contribution in [-0.4, -0.2) is 18.2 Å². The molecule has 96 valence electrons. The highest BCUT2D eigenvalue weighted by Crippen LogP contribution is 2.29. The third kappa shape index (κ3) is 3.47. The molecule has 0 fully saturated rings. The van der Waals surface area contributed by atoms with Crippen molar-refractivity contribution >= 4 is 5.69 Å². The molecule has 0 saturated heterocycles. The van der Waals surface area contributed by atoms with Gasteiger partial charge in [-0.3, -0.25) is 0 Å². The first kappa shape index (κ1) is 14.0. The van der Waals surface area contributed by atoms with Crippen LogP contribution in [0.3, 0.4) is 0 Å². The Balaban J connectivity index is 2.96. The summed E-state index contributed by atoms with van der Waals surface area (Å²) in [6.45, 7) is 6.45. The molecule has 0 amide bonds. The topological polar surface area (TPSA) is 23.5 Å². The van der Waals surface area contributed by atoms with Gasteiger partial charge in [-0.1, -0.05) is 38.5 Å². The molecule has 2 unspecified atom stereocenters. The summed E-state index contributed by atoms with van der Waals surface area (Å²) in [6.07, 6.45) is 2.76. The van der Waals surface area contributed by atoms with E-state index in [4.69, 9.17) is 0 Å². The zero-order chi connectivity index (χ0) is 12.8. The Kier molecular flexibility index (Phi) is 5.49. The third-order valence-corrected chi connectivity index (χ3v) is 3.43. The fourth-order valence-electron chi connectivity index (χ4n) is 2.16. The molecular formula is C15H25NO. The number of rotatable bonds is 6. The highest BCUT2D eigenvalue weighted by atomic mass is 16.3. The van der Waals surface area contributed by atoms with Crippen LogP contribution in [0.1, 0.15) is 51.7 Å². The monoisotopic (exact) mass is 235 g/mol. The van der Waals surface area contributed by atoms with E-state index in [9.17, 15) is 5.11 Å². The minimum atomic E-state index is -0.359. The molecule has 0 aliphatic carbocycles. The molecule has 0 aliphatic heterocycles. The van der Waals surface area contributed by atoms with Crippen molar-refractivity contribution in [1.82, 2.24) is 0 Å². The van der Waals surface area contributed by atoms with Crippen molar-refractivity contribution in [3.05, 3.63) is 29.8 Å². The number of nitrogens with zero attached hydrogens (tertiary/aromatic N) is 1. The predicted molar refractivity (Wildman–Crippen MR) is 74.5 cm³/mol. The van der Waals surface area contributed by atoms with E-state index >= 15 is 0 Å². The highest BCUT2D eigenvalue weighted by molar-refractivity contribution is 5.54. The Labute approximate surface area is 105 Å². The Morgan fingerprint density at radius 3 is 2.47 bits per heavy atom. The first-order valence-corrected chi connectivity index (χ1v) is 6.61. The molecule has 0 saturated carbocycles. The second-order valence-electron chi connectivity index (χ2n) is 4.73. The summed E-state index contributed by atoms with van der Waals surface area (Å²) in [5, 5.41) is 10.0. The predicted octanol–water partition coefficient (Wildman–Crippen LogP) is 3.75. The van der Waals surface area contributed by atoms with E-state index in [-0.39, 0.29) is 6.10 Å². The van der Waals surface area contributed by atoms with Crippen LogP contribution >= 0.6 is 0 Å². The van der Waals surface area contributed by atoms with E-state index < -0.39 is 0 Å². The summed E-state index contributed by atoms with van der Waals surface area (Å²) < 4.78 is 0. The molecule has 2 atom stereocenters. The first-order valence-electron chi connectivity index (χ1n) is 6.61. The van der Waals surface area contributed by atoms with Gasteiger partial charge in [-0.15, -0.1) is 0 Å². The molecule has 2 nitrogen and oxygen atoms in total. The molecule has 2 heteroatoms. The number of para-hydroxylation sites is 1. The average molecular weight is 235 g/mol. The van der Waals surface area contributed by atoms with Crippen LogP contribution in [0.15, 0.2) is 24.3 Å². The maximum absolute atomic E-state index is 10.0. The Hall–Kier alpha value is -1.02. The van der Waals surface area contributed by atoms with E-state index in [1.165, 1.54) is 12.8 Å². The zero-order valence-corrected chi connectivity index (χ0v) is 11.5. The summed E-state index contributed by atoms with van der Waals surface area (Å²) >= 11 is 0. The van der Waals surface area contributed by atoms with Gasteiger partial charge in [-0.2, -0.15) is 0 Å². The number of anilines is 1. The van der Waals surface area contributed by atoms with Gasteiger partial charge in [0.05, 0.1) is 6.10 Å². The third-order valence-electron chi connectivity index (χ3n) is 3.43. The van der Waals surface area contributed by atoms with Crippen molar-refractivity contribution in [2.75, 3.05) is 11.9 Å². The molecule has 0 spiro atoms. The van der Waals surface area contributed by atoms with Gasteiger partial charge in [0.15, 0.2) is 0 Å². The summed E-state index contributed by atoms with van der Waals surface area (Å²) in [4.78, 5) is 2.28. The van der Waals surface area contributed by atoms with Gasteiger partial charge < -0.3 is 10.0 Å². The molecule has 0 aromatic heterocycles. The van der Waals surface area contributed by atoms with Gasteiger partial charge in [-0.25, -0.2) is 0 Å². The van der Waals surface area contributed by atoms with Crippen molar-refractivity contribution in [1.29, 1.82) is 0 Å². The molecular weight excluding hydrogens is 210 g/mol. The Morgan fingerprint density at radius 2 is 1.88 bits per heavy atom. The van der Waals surface area contributed by atoms with Gasteiger partial charge in [0, 0.05) is 24.3 Å². The molecule has 0 radical (unpaired) electrons. The van der Waals surface area contributed by atoms with Crippen LogP contribution in [-0.2, 0) is 0 Å². The van der Waals surface area contributed by atoms with Crippen LogP contribution < -0.4 is 4.90 Å². The normalized spacial score (nSPS) is 14.4. The molecule has 0 heterocycles. The van der Waals surface area contributed by atoms with Crippen molar-refractivity contribution in [2.24, 2.45) is 0 Å². The minimum Gasteiger partial charge on any atom is -0.388 e. The van der Waals surface area contributed by atoms with E-state index in [2.05, 4.69) is 31.9 Å². The summed E-state index contributed by atoms with van der Waals surface area (Å²) in [5.41, 5.74) is 2.20. The Bertz CT molecular complexity index is 337. The van der Waals surface area contributed by atoms with Crippen molar-refractivity contribution in [2.45, 2.75) is 52.2 Å². The SMILES string of the molecule is CCCC(C)N(C)c1ccccc1C(O)CC. The maximum atomic E-state index is 10.0. The van der Waals surface area contributed by atoms with Gasteiger partial charge in [0.25, 0.3) is 0 Å². The zero-order valence-electron chi connectivity index (χ0n) is 11.5. The number of benzene rings is 1. The molecule has 1 aromatic rings. The smallest absolute Gasteiger partial charge is 0.0807 e. The van der Waals surface area contributed by atoms with Gasteiger partial charge in [0.2, 0.25) is 0 Å². The van der Waals surface area contributed by atoms with Crippen LogP contribution in [0.25, 0.3) is 0 Å². The minimum absolute atomic E-state index is 0.359. The summed E-state index contributed by atoms with van der Waals surface area (Å²) in [5.74, 6) is 0. The van der Waals surface area contributed by atoms with Crippen molar-refractivity contribution < 1.29 is 5.11 Å². The second kappa shape index (κ2) is 6.65. The van der Waals surface area contributed by atoms with Crippen LogP contribution in [0, 0.1) is 0 Å². The molecule has 1 aromatic carbocycles. The first-order chi connectivity index (χ1) is 8.11. The van der Waals surface area contributed by atoms with Gasteiger partial charge in [0.1, 0.15) is 0 Å². The summed E-state index contributed by atoms with van der Waals surface area (Å²) in [6, 6.07) is 8.66. The molecule has 1 rings (SSSR count). The van der Waals surface area contributed by atoms with E-state index in [1.807, 2.05) is 25.1 Å². The van der Waals surface area contributed by atoms with Crippen LogP contribution in [0.5, 0.6) is 0 Å². The fraction of sp³-hybridized carbons (Fsp3) is 0.600. The lowest BCUT2D eigenvalue weighted by Crippen LogP contribution is -2.29. The highest BCUT2D eigenvalue weighted by Gasteiger charge is 2.16. The molecule has 17 heavy (non-hydrogen) atoms. The standard InChI is InChI=1S/C15H25NO/c1-5-9-12(3)16(4)14-11-8-7-10-13(14)15(17)6-2/h7-8,10-12,15,17H,5-6,9H2,1-4H3. The maximum Gasteiger partial charge on any atom is 0.0807 e. The van der Waals surface area contributed by atoms with E-state index in [1.54, 1.807) is 0 Å². The lowest BCUT2D eigenvalue weighted by atomic mass is 10.0. The molecule has 1 N–H and O–H groups in total. The largest absolute Gasteiger partial charge is 0.388 e. The lowest BCUT2D eigenvalue weighted by molar-refractivity contribution is 0.174. The van der Waals surface area contributed by atoms with Crippen LogP contribution in [0.4, 0.5) is 5.69 Å². The second-order valence-corrected chi connectivity index (χ2v) is 4.73. The van der Waals surface area contributed by atoms with Gasteiger partial charge in [-0.05, 0) is 25.8 Å². The van der Waals surface area contributed by atoms with Crippen molar-refractivity contribution in [3.8, 4) is 0 Å². The molecule has 0 bridgehead atoms. The Morgan fingerprint density at radius 1 is 1.24 bits per heavy atom. The summed E-state index contributed by atoms with van der Waals surface area (Å²) in [7, 11) is 2.11. The van der Waals surface area contributed by atoms with Gasteiger partial charge >= 0.3 is 0 Å². The average Bonchev–Trinajstić information content (AvgIpc) is 2.37. The van der Waals surface area contributed by atoms with Crippen molar-refractivity contribution in [3.63, 3.8) is 0 Å². The number of hydrogen-bond donors (Lipinski definition) is 1. The fourth-order valence-corrected chi connectivity index (χ4v) is 2.16. The number of aliphatic hydroxyl groups is 1. The van der Waals surface area contributed by atoms with Crippen LogP contribution in [0.2, 0.25) is 0 Å². The molecule has 0 aliphatic rings.